The molecule has 0 N–H and O–H groups in total. The number of benzene rings is 1. The normalized spacial score (nSPS) is 30.3. The maximum Gasteiger partial charge on any atom is 0.445 e. The topological polar surface area (TPSA) is 0 Å². The van der Waals surface area contributed by atoms with Crippen LogP contribution >= 0.6 is 19.9 Å². The summed E-state index contributed by atoms with van der Waals surface area (Å²) in [6, 6.07) is 5.20. The summed E-state index contributed by atoms with van der Waals surface area (Å²) in [5, 5.41) is 0. The molecule has 0 aromatic heterocycles. The quantitative estimate of drug-likeness (QED) is 0.598. The molecule has 104 valence electrons. The standard InChI is InChI=1S/C14H14ClF3S/c1-9-5-6-11-8-13(10-3-2-4-10)19(15,12(11)7-9)14(16,17)18/h5-8,10H,2-4H2,1H3. The Hall–Kier alpha value is -0.610. The Morgan fingerprint density at radius 3 is 2.47 bits per heavy atom. The zero-order valence-electron chi connectivity index (χ0n) is 10.4. The van der Waals surface area contributed by atoms with E-state index in [1.165, 1.54) is 0 Å². The van der Waals surface area contributed by atoms with Crippen LogP contribution < -0.4 is 0 Å². The monoisotopic (exact) mass is 306 g/mol. The number of allylic oxidation sites excluding steroid dienone is 1. The molecule has 3 rings (SSSR count). The highest BCUT2D eigenvalue weighted by Crippen LogP contribution is 2.81. The van der Waals surface area contributed by atoms with Gasteiger partial charge in [-0.2, -0.15) is 13.2 Å². The molecule has 1 aliphatic heterocycles. The van der Waals surface area contributed by atoms with Crippen molar-refractivity contribution < 1.29 is 13.2 Å². The van der Waals surface area contributed by atoms with Crippen LogP contribution in [0.1, 0.15) is 30.4 Å². The average molecular weight is 307 g/mol. The van der Waals surface area contributed by atoms with Crippen LogP contribution in [-0.2, 0) is 0 Å². The first-order valence-electron chi connectivity index (χ1n) is 6.25. The van der Waals surface area contributed by atoms with Gasteiger partial charge in [0.15, 0.2) is 0 Å². The number of fused-ring (bicyclic) bond motifs is 1. The predicted molar refractivity (Wildman–Crippen MR) is 74.3 cm³/mol. The van der Waals surface area contributed by atoms with E-state index in [4.69, 9.17) is 10.7 Å². The van der Waals surface area contributed by atoms with Crippen LogP contribution in [0.3, 0.4) is 0 Å². The van der Waals surface area contributed by atoms with E-state index < -0.39 is 14.7 Å². The molecule has 0 bridgehead atoms. The molecule has 1 saturated carbocycles. The zero-order valence-corrected chi connectivity index (χ0v) is 12.0. The van der Waals surface area contributed by atoms with Crippen LogP contribution in [0, 0.1) is 12.8 Å². The summed E-state index contributed by atoms with van der Waals surface area (Å²) in [7, 11) is 2.84. The number of halogens is 4. The van der Waals surface area contributed by atoms with Crippen LogP contribution in [0.5, 0.6) is 0 Å². The van der Waals surface area contributed by atoms with Gasteiger partial charge in [0.2, 0.25) is 0 Å². The molecular weight excluding hydrogens is 293 g/mol. The first kappa shape index (κ1) is 13.4. The maximum atomic E-state index is 13.6. The minimum Gasteiger partial charge on any atom is -0.160 e. The van der Waals surface area contributed by atoms with Gasteiger partial charge in [-0.15, -0.1) is 0 Å². The second-order valence-corrected chi connectivity index (χ2v) is 9.04. The minimum absolute atomic E-state index is 0.0156. The van der Waals surface area contributed by atoms with E-state index in [0.29, 0.717) is 10.5 Å². The lowest BCUT2D eigenvalue weighted by Crippen LogP contribution is -2.23. The lowest BCUT2D eigenvalue weighted by Gasteiger charge is -2.40. The summed E-state index contributed by atoms with van der Waals surface area (Å²) in [5.41, 5.74) is -2.91. The predicted octanol–water partition coefficient (Wildman–Crippen LogP) is 5.99. The summed E-state index contributed by atoms with van der Waals surface area (Å²) in [6.45, 7) is 1.80. The summed E-state index contributed by atoms with van der Waals surface area (Å²) in [6.07, 6.45) is 4.35. The maximum absolute atomic E-state index is 13.6. The van der Waals surface area contributed by atoms with Gasteiger partial charge in [-0.1, -0.05) is 18.6 Å². The molecule has 5 heteroatoms. The van der Waals surface area contributed by atoms with E-state index in [9.17, 15) is 13.2 Å². The summed E-state index contributed by atoms with van der Waals surface area (Å²) in [5.74, 6) is 0.0156. The highest BCUT2D eigenvalue weighted by Gasteiger charge is 2.57. The van der Waals surface area contributed by atoms with E-state index in [-0.39, 0.29) is 10.8 Å². The van der Waals surface area contributed by atoms with Crippen LogP contribution in [0.2, 0.25) is 0 Å². The molecule has 1 unspecified atom stereocenters. The summed E-state index contributed by atoms with van der Waals surface area (Å²) < 4.78 is 40.8. The molecule has 0 nitrogen and oxygen atoms in total. The number of rotatable bonds is 1. The first-order valence-corrected chi connectivity index (χ1v) is 8.71. The van der Waals surface area contributed by atoms with Crippen molar-refractivity contribution in [3.8, 4) is 0 Å². The summed E-state index contributed by atoms with van der Waals surface area (Å²) >= 11 is 0. The van der Waals surface area contributed by atoms with Gasteiger partial charge in [-0.3, -0.25) is 0 Å². The van der Waals surface area contributed by atoms with Gasteiger partial charge in [-0.05, 0) is 73.8 Å². The largest absolute Gasteiger partial charge is 0.445 e. The zero-order chi connectivity index (χ0) is 13.8. The van der Waals surface area contributed by atoms with E-state index in [1.807, 2.05) is 6.07 Å². The van der Waals surface area contributed by atoms with Crippen molar-refractivity contribution >= 4 is 26.0 Å². The molecule has 0 saturated heterocycles. The molecule has 1 heterocycles. The molecule has 0 radical (unpaired) electrons. The van der Waals surface area contributed by atoms with Crippen molar-refractivity contribution in [2.75, 3.05) is 0 Å². The lowest BCUT2D eigenvalue weighted by molar-refractivity contribution is -0.0362. The van der Waals surface area contributed by atoms with Gasteiger partial charge in [0.05, 0.1) is 0 Å². The molecule has 1 aliphatic carbocycles. The Bertz CT molecular complexity index is 560. The van der Waals surface area contributed by atoms with Gasteiger partial charge in [-0.25, -0.2) is 0 Å². The Morgan fingerprint density at radius 2 is 1.95 bits per heavy atom. The smallest absolute Gasteiger partial charge is 0.160 e. The number of hydrogen-bond acceptors (Lipinski definition) is 0. The second kappa shape index (κ2) is 4.19. The molecule has 19 heavy (non-hydrogen) atoms. The highest BCUT2D eigenvalue weighted by molar-refractivity contribution is 8.54. The third-order valence-corrected chi connectivity index (χ3v) is 8.18. The number of aryl methyl sites for hydroxylation is 1. The molecule has 0 spiro atoms. The third kappa shape index (κ3) is 1.83. The van der Waals surface area contributed by atoms with Crippen molar-refractivity contribution in [2.45, 2.75) is 36.6 Å². The fourth-order valence-electron chi connectivity index (χ4n) is 2.66. The van der Waals surface area contributed by atoms with Crippen LogP contribution in [0.4, 0.5) is 13.2 Å². The lowest BCUT2D eigenvalue weighted by atomic mass is 9.85. The number of hydrogen-bond donors (Lipinski definition) is 0. The molecule has 1 aromatic rings. The van der Waals surface area contributed by atoms with Crippen molar-refractivity contribution in [3.63, 3.8) is 0 Å². The number of alkyl halides is 3. The SMILES string of the molecule is Cc1ccc2c(c1)S(Cl)(C(F)(F)F)C(C1CCC1)=C2. The van der Waals surface area contributed by atoms with Gasteiger partial charge in [0, 0.05) is 4.90 Å². The van der Waals surface area contributed by atoms with E-state index >= 15 is 0 Å². The summed E-state index contributed by atoms with van der Waals surface area (Å²) in [4.78, 5) is 0.706. The Morgan fingerprint density at radius 1 is 1.26 bits per heavy atom. The van der Waals surface area contributed by atoms with Crippen molar-refractivity contribution in [1.82, 2.24) is 0 Å². The van der Waals surface area contributed by atoms with E-state index in [2.05, 4.69) is 0 Å². The molecule has 1 atom stereocenters. The van der Waals surface area contributed by atoms with Crippen LogP contribution in [-0.4, -0.2) is 5.51 Å². The van der Waals surface area contributed by atoms with Gasteiger partial charge in [0.1, 0.15) is 0 Å². The Balaban J connectivity index is 2.17. The van der Waals surface area contributed by atoms with Crippen molar-refractivity contribution in [3.05, 3.63) is 34.2 Å². The minimum atomic E-state index is -4.38. The van der Waals surface area contributed by atoms with Crippen molar-refractivity contribution in [2.24, 2.45) is 5.92 Å². The van der Waals surface area contributed by atoms with Crippen LogP contribution in [0.25, 0.3) is 6.08 Å². The van der Waals surface area contributed by atoms with Crippen molar-refractivity contribution in [1.29, 1.82) is 0 Å². The Labute approximate surface area is 116 Å². The molecule has 1 fully saturated rings. The Kier molecular flexibility index (Phi) is 2.95. The van der Waals surface area contributed by atoms with E-state index in [1.54, 1.807) is 25.1 Å². The van der Waals surface area contributed by atoms with Gasteiger partial charge < -0.3 is 0 Å². The van der Waals surface area contributed by atoms with Gasteiger partial charge >= 0.3 is 5.51 Å². The fourth-order valence-corrected chi connectivity index (χ4v) is 6.13. The second-order valence-electron chi connectivity index (χ2n) is 5.20. The molecule has 1 aromatic carbocycles. The third-order valence-electron chi connectivity index (χ3n) is 3.92. The molecular formula is C14H14ClF3S. The first-order chi connectivity index (χ1) is 8.84. The molecule has 0 amide bonds. The van der Waals surface area contributed by atoms with Crippen LogP contribution in [0.15, 0.2) is 28.0 Å². The highest BCUT2D eigenvalue weighted by atomic mass is 35.7. The average Bonchev–Trinajstić information content (AvgIpc) is 2.52. The fraction of sp³-hybridized carbons (Fsp3) is 0.429. The molecule has 2 aliphatic rings. The van der Waals surface area contributed by atoms with Gasteiger partial charge in [0.25, 0.3) is 0 Å². The van der Waals surface area contributed by atoms with E-state index in [0.717, 1.165) is 24.8 Å².